The number of rotatable bonds is 5. The Balaban J connectivity index is 2.38. The minimum atomic E-state index is -0.00398. The third-order valence-corrected chi connectivity index (χ3v) is 3.24. The lowest BCUT2D eigenvalue weighted by Gasteiger charge is -2.11. The second-order valence-electron chi connectivity index (χ2n) is 5.27. The minimum Gasteiger partial charge on any atom is -0.352 e. The molecule has 20 heavy (non-hydrogen) atoms. The van der Waals surface area contributed by atoms with E-state index in [0.717, 1.165) is 22.4 Å². The monoisotopic (exact) mass is 293 g/mol. The number of alkyl halides is 1. The van der Waals surface area contributed by atoms with Crippen LogP contribution in [-0.4, -0.2) is 27.4 Å². The van der Waals surface area contributed by atoms with Gasteiger partial charge in [0.05, 0.1) is 11.0 Å². The highest BCUT2D eigenvalue weighted by Gasteiger charge is 2.13. The second kappa shape index (κ2) is 6.27. The van der Waals surface area contributed by atoms with Crippen molar-refractivity contribution in [2.75, 3.05) is 5.88 Å². The fraction of sp³-hybridized carbons (Fsp3) is 0.467. The summed E-state index contributed by atoms with van der Waals surface area (Å²) in [5.41, 5.74) is 3.06. The average Bonchev–Trinajstić information content (AvgIpc) is 2.66. The van der Waals surface area contributed by atoms with Gasteiger partial charge in [-0.1, -0.05) is 6.07 Å². The van der Waals surface area contributed by atoms with Crippen molar-refractivity contribution in [2.24, 2.45) is 0 Å². The van der Waals surface area contributed by atoms with Gasteiger partial charge in [0.25, 0.3) is 0 Å². The normalized spacial score (nSPS) is 11.2. The van der Waals surface area contributed by atoms with Crippen LogP contribution in [0.3, 0.4) is 0 Å². The van der Waals surface area contributed by atoms with Crippen molar-refractivity contribution in [3.8, 4) is 0 Å². The lowest BCUT2D eigenvalue weighted by molar-refractivity contribution is -0.122. The van der Waals surface area contributed by atoms with E-state index < -0.39 is 0 Å². The van der Waals surface area contributed by atoms with Gasteiger partial charge < -0.3 is 9.88 Å². The van der Waals surface area contributed by atoms with E-state index in [4.69, 9.17) is 11.6 Å². The minimum absolute atomic E-state index is 0.00398. The fourth-order valence-corrected chi connectivity index (χ4v) is 2.42. The zero-order valence-electron chi connectivity index (χ0n) is 12.1. The molecular formula is C15H20ClN3O. The Hall–Kier alpha value is -1.55. The molecule has 0 unspecified atom stereocenters. The van der Waals surface area contributed by atoms with Gasteiger partial charge in [0.15, 0.2) is 0 Å². The Labute approximate surface area is 124 Å². The van der Waals surface area contributed by atoms with Gasteiger partial charge in [-0.15, -0.1) is 11.6 Å². The van der Waals surface area contributed by atoms with Crippen molar-refractivity contribution >= 4 is 28.5 Å². The Morgan fingerprint density at radius 1 is 1.45 bits per heavy atom. The molecule has 0 aliphatic rings. The summed E-state index contributed by atoms with van der Waals surface area (Å²) in [5, 5.41) is 2.91. The molecular weight excluding hydrogens is 274 g/mol. The third kappa shape index (κ3) is 3.31. The predicted octanol–water partition coefficient (Wildman–Crippen LogP) is 2.65. The van der Waals surface area contributed by atoms with Crippen LogP contribution < -0.4 is 5.32 Å². The molecule has 1 aromatic heterocycles. The van der Waals surface area contributed by atoms with E-state index in [2.05, 4.69) is 10.3 Å². The summed E-state index contributed by atoms with van der Waals surface area (Å²) in [4.78, 5) is 16.6. The van der Waals surface area contributed by atoms with Gasteiger partial charge in [-0.3, -0.25) is 4.79 Å². The summed E-state index contributed by atoms with van der Waals surface area (Å²) in [6, 6.07) is 6.21. The van der Waals surface area contributed by atoms with E-state index in [1.54, 1.807) is 0 Å². The number of hydrogen-bond donors (Lipinski definition) is 1. The summed E-state index contributed by atoms with van der Waals surface area (Å²) in [6.45, 7) is 6.22. The van der Waals surface area contributed by atoms with Gasteiger partial charge in [-0.2, -0.15) is 0 Å². The molecule has 1 amide bonds. The standard InChI is InChI=1S/C15H20ClN3O/c1-10(2)17-15(20)9-19-13-5-4-11(3)8-12(13)18-14(19)6-7-16/h4-5,8,10H,6-7,9H2,1-3H3,(H,17,20). The van der Waals surface area contributed by atoms with Gasteiger partial charge in [0, 0.05) is 18.3 Å². The summed E-state index contributed by atoms with van der Waals surface area (Å²) in [7, 11) is 0. The first kappa shape index (κ1) is 14.9. The maximum absolute atomic E-state index is 12.0. The maximum atomic E-state index is 12.0. The zero-order valence-corrected chi connectivity index (χ0v) is 12.9. The fourth-order valence-electron chi connectivity index (χ4n) is 2.25. The first-order chi connectivity index (χ1) is 9.51. The molecule has 0 aliphatic heterocycles. The van der Waals surface area contributed by atoms with Crippen molar-refractivity contribution in [1.82, 2.24) is 14.9 Å². The molecule has 0 bridgehead atoms. The molecule has 0 spiro atoms. The topological polar surface area (TPSA) is 46.9 Å². The number of imidazole rings is 1. The number of carbonyl (C=O) groups is 1. The van der Waals surface area contributed by atoms with Crippen molar-refractivity contribution in [2.45, 2.75) is 39.8 Å². The molecule has 1 aromatic carbocycles. The molecule has 0 atom stereocenters. The Morgan fingerprint density at radius 3 is 2.85 bits per heavy atom. The summed E-state index contributed by atoms with van der Waals surface area (Å²) in [5.74, 6) is 1.35. The molecule has 5 heteroatoms. The number of nitrogens with zero attached hydrogens (tertiary/aromatic N) is 2. The Morgan fingerprint density at radius 2 is 2.20 bits per heavy atom. The van der Waals surface area contributed by atoms with Crippen LogP contribution in [0.25, 0.3) is 11.0 Å². The number of benzene rings is 1. The molecule has 0 fully saturated rings. The summed E-state index contributed by atoms with van der Waals surface area (Å²) >= 11 is 5.83. The van der Waals surface area contributed by atoms with Crippen LogP contribution in [0.5, 0.6) is 0 Å². The van der Waals surface area contributed by atoms with E-state index in [-0.39, 0.29) is 18.5 Å². The molecule has 4 nitrogen and oxygen atoms in total. The third-order valence-electron chi connectivity index (χ3n) is 3.05. The predicted molar refractivity (Wildman–Crippen MR) is 82.2 cm³/mol. The van der Waals surface area contributed by atoms with Crippen LogP contribution in [0.1, 0.15) is 25.2 Å². The van der Waals surface area contributed by atoms with Gasteiger partial charge >= 0.3 is 0 Å². The van der Waals surface area contributed by atoms with Crippen molar-refractivity contribution in [3.05, 3.63) is 29.6 Å². The van der Waals surface area contributed by atoms with Crippen LogP contribution in [0.15, 0.2) is 18.2 Å². The van der Waals surface area contributed by atoms with Crippen LogP contribution in [0, 0.1) is 6.92 Å². The molecule has 2 rings (SSSR count). The first-order valence-corrected chi connectivity index (χ1v) is 7.36. The molecule has 108 valence electrons. The number of nitrogens with one attached hydrogen (secondary N) is 1. The molecule has 2 aromatic rings. The van der Waals surface area contributed by atoms with Crippen LogP contribution >= 0.6 is 11.6 Å². The van der Waals surface area contributed by atoms with E-state index in [0.29, 0.717) is 12.3 Å². The summed E-state index contributed by atoms with van der Waals surface area (Å²) < 4.78 is 1.95. The highest BCUT2D eigenvalue weighted by atomic mass is 35.5. The zero-order chi connectivity index (χ0) is 14.7. The second-order valence-corrected chi connectivity index (χ2v) is 5.65. The van der Waals surface area contributed by atoms with Gasteiger partial charge in [-0.05, 0) is 38.5 Å². The highest BCUT2D eigenvalue weighted by Crippen LogP contribution is 2.18. The van der Waals surface area contributed by atoms with E-state index >= 15 is 0 Å². The SMILES string of the molecule is Cc1ccc2c(c1)nc(CCCl)n2CC(=O)NC(C)C. The first-order valence-electron chi connectivity index (χ1n) is 6.82. The van der Waals surface area contributed by atoms with E-state index in [9.17, 15) is 4.79 Å². The van der Waals surface area contributed by atoms with Gasteiger partial charge in [0.2, 0.25) is 5.91 Å². The number of carbonyl (C=O) groups excluding carboxylic acids is 1. The Kier molecular flexibility index (Phi) is 4.65. The number of hydrogen-bond acceptors (Lipinski definition) is 2. The molecule has 0 aliphatic carbocycles. The average molecular weight is 294 g/mol. The van der Waals surface area contributed by atoms with Crippen LogP contribution in [0.2, 0.25) is 0 Å². The number of aromatic nitrogens is 2. The quantitative estimate of drug-likeness (QED) is 0.862. The van der Waals surface area contributed by atoms with Crippen molar-refractivity contribution < 1.29 is 4.79 Å². The molecule has 1 heterocycles. The molecule has 0 saturated heterocycles. The smallest absolute Gasteiger partial charge is 0.240 e. The Bertz CT molecular complexity index is 619. The molecule has 1 N–H and O–H groups in total. The van der Waals surface area contributed by atoms with E-state index in [1.165, 1.54) is 0 Å². The van der Waals surface area contributed by atoms with Gasteiger partial charge in [0.1, 0.15) is 12.4 Å². The lowest BCUT2D eigenvalue weighted by atomic mass is 10.2. The summed E-state index contributed by atoms with van der Waals surface area (Å²) in [6.07, 6.45) is 0.657. The number of halogens is 1. The van der Waals surface area contributed by atoms with Crippen LogP contribution in [0.4, 0.5) is 0 Å². The van der Waals surface area contributed by atoms with Crippen molar-refractivity contribution in [3.63, 3.8) is 0 Å². The highest BCUT2D eigenvalue weighted by molar-refractivity contribution is 6.17. The molecule has 0 radical (unpaired) electrons. The number of amides is 1. The number of fused-ring (bicyclic) bond motifs is 1. The van der Waals surface area contributed by atoms with Gasteiger partial charge in [-0.25, -0.2) is 4.98 Å². The maximum Gasteiger partial charge on any atom is 0.240 e. The van der Waals surface area contributed by atoms with E-state index in [1.807, 2.05) is 43.5 Å². The van der Waals surface area contributed by atoms with Crippen molar-refractivity contribution in [1.29, 1.82) is 0 Å². The molecule has 0 saturated carbocycles. The number of aryl methyl sites for hydroxylation is 2. The largest absolute Gasteiger partial charge is 0.352 e. The van der Waals surface area contributed by atoms with Crippen LogP contribution in [-0.2, 0) is 17.8 Å². The lowest BCUT2D eigenvalue weighted by Crippen LogP contribution is -2.33.